The predicted molar refractivity (Wildman–Crippen MR) is 177 cm³/mol. The van der Waals surface area contributed by atoms with Crippen LogP contribution in [0.5, 0.6) is 0 Å². The smallest absolute Gasteiger partial charge is 0.327 e. The van der Waals surface area contributed by atoms with Crippen molar-refractivity contribution in [2.75, 3.05) is 47.0 Å². The fourth-order valence-corrected chi connectivity index (χ4v) is 6.03. The lowest BCUT2D eigenvalue weighted by Crippen LogP contribution is -2.47. The molecule has 0 spiro atoms. The molecule has 1 saturated heterocycles. The van der Waals surface area contributed by atoms with Crippen LogP contribution in [0.15, 0.2) is 109 Å². The highest BCUT2D eigenvalue weighted by Gasteiger charge is 2.24. The Balaban J connectivity index is 1.24. The van der Waals surface area contributed by atoms with Gasteiger partial charge in [0, 0.05) is 49.4 Å². The van der Waals surface area contributed by atoms with Crippen molar-refractivity contribution < 1.29 is 9.90 Å². The number of thioether (sulfide) groups is 1. The minimum Gasteiger partial charge on any atom is -0.480 e. The molecule has 222 valence electrons. The molecule has 0 amide bonds. The summed E-state index contributed by atoms with van der Waals surface area (Å²) in [7, 11) is 0. The van der Waals surface area contributed by atoms with Gasteiger partial charge in [0.05, 0.1) is 0 Å². The number of aliphatic carboxylic acids is 1. The first-order valence-corrected chi connectivity index (χ1v) is 15.7. The number of anilines is 3. The van der Waals surface area contributed by atoms with E-state index in [4.69, 9.17) is 15.0 Å². The Hall–Kier alpha value is -4.96. The van der Waals surface area contributed by atoms with Crippen molar-refractivity contribution in [2.45, 2.75) is 11.8 Å². The lowest BCUT2D eigenvalue weighted by atomic mass is 10.0. The van der Waals surface area contributed by atoms with Gasteiger partial charge in [0.25, 0.3) is 0 Å². The molecular weight excluding hydrogens is 570 g/mol. The minimum absolute atomic E-state index is 0.247. The predicted octanol–water partition coefficient (Wildman–Crippen LogP) is 5.73. The first kappa shape index (κ1) is 29.1. The maximum absolute atomic E-state index is 12.3. The third-order valence-electron chi connectivity index (χ3n) is 7.41. The van der Waals surface area contributed by atoms with Gasteiger partial charge in [-0.2, -0.15) is 26.7 Å². The number of pyridine rings is 1. The summed E-state index contributed by atoms with van der Waals surface area (Å²) in [6.45, 7) is 2.92. The van der Waals surface area contributed by atoms with E-state index in [9.17, 15) is 9.90 Å². The van der Waals surface area contributed by atoms with Crippen molar-refractivity contribution in [3.05, 3.63) is 115 Å². The van der Waals surface area contributed by atoms with Crippen LogP contribution in [0.25, 0.3) is 22.5 Å². The molecule has 9 nitrogen and oxygen atoms in total. The second-order valence-corrected chi connectivity index (χ2v) is 11.5. The van der Waals surface area contributed by atoms with Gasteiger partial charge in [-0.3, -0.25) is 0 Å². The molecule has 0 bridgehead atoms. The molecule has 10 heteroatoms. The average Bonchev–Trinajstić information content (AvgIpc) is 3.09. The fourth-order valence-electron chi connectivity index (χ4n) is 5.02. The molecule has 0 aliphatic carbocycles. The van der Waals surface area contributed by atoms with Gasteiger partial charge in [-0.25, -0.2) is 9.78 Å². The topological polar surface area (TPSA) is 107 Å². The number of rotatable bonds is 11. The Morgan fingerprint density at radius 1 is 0.750 bits per heavy atom. The molecule has 1 aliphatic rings. The molecule has 5 aromatic rings. The highest BCUT2D eigenvalue weighted by Crippen LogP contribution is 2.26. The first-order valence-electron chi connectivity index (χ1n) is 14.6. The van der Waals surface area contributed by atoms with E-state index in [1.165, 1.54) is 0 Å². The van der Waals surface area contributed by atoms with E-state index < -0.39 is 12.0 Å². The van der Waals surface area contributed by atoms with Gasteiger partial charge in [-0.1, -0.05) is 91.0 Å². The summed E-state index contributed by atoms with van der Waals surface area (Å²) in [6, 6.07) is 33.3. The highest BCUT2D eigenvalue weighted by atomic mass is 32.2. The standard InChI is InChI=1S/C34H33N7O2S/c42-32(43)29(24-44-23-25-9-3-1-4-10-25)36-33-37-31(28-16-14-27(15-17-28)26-11-5-2-6-12-26)38-34(39-33)41-21-19-40(20-22-41)30-13-7-8-18-35-30/h1-18,29H,19-24H2,(H,42,43)(H,36,37,38,39). The van der Waals surface area contributed by atoms with Gasteiger partial charge in [-0.15, -0.1) is 0 Å². The van der Waals surface area contributed by atoms with E-state index in [1.54, 1.807) is 18.0 Å². The number of nitrogens with one attached hydrogen (secondary N) is 1. The number of carbonyl (C=O) groups is 1. The van der Waals surface area contributed by atoms with E-state index in [-0.39, 0.29) is 5.95 Å². The number of piperazine rings is 1. The van der Waals surface area contributed by atoms with Gasteiger partial charge in [0.15, 0.2) is 5.82 Å². The zero-order chi connectivity index (χ0) is 30.1. The van der Waals surface area contributed by atoms with Crippen molar-refractivity contribution >= 4 is 35.4 Å². The molecular formula is C34H33N7O2S. The summed E-state index contributed by atoms with van der Waals surface area (Å²) in [5.41, 5.74) is 4.19. The van der Waals surface area contributed by atoms with Crippen LogP contribution in [0.3, 0.4) is 0 Å². The molecule has 1 fully saturated rings. The maximum atomic E-state index is 12.3. The van der Waals surface area contributed by atoms with Crippen LogP contribution in [-0.2, 0) is 10.5 Å². The number of hydrogen-bond donors (Lipinski definition) is 2. The Kier molecular flexibility index (Phi) is 9.27. The summed E-state index contributed by atoms with van der Waals surface area (Å²) < 4.78 is 0. The second-order valence-electron chi connectivity index (χ2n) is 10.4. The van der Waals surface area contributed by atoms with Crippen molar-refractivity contribution in [3.63, 3.8) is 0 Å². The number of nitrogens with zero attached hydrogens (tertiary/aromatic N) is 6. The molecule has 0 radical (unpaired) electrons. The molecule has 44 heavy (non-hydrogen) atoms. The monoisotopic (exact) mass is 603 g/mol. The molecule has 3 aromatic carbocycles. The molecule has 6 rings (SSSR count). The second kappa shape index (κ2) is 14.0. The number of carboxylic acid groups (broad SMARTS) is 1. The van der Waals surface area contributed by atoms with Crippen LogP contribution in [-0.4, -0.2) is 69.0 Å². The van der Waals surface area contributed by atoms with Gasteiger partial charge in [0.2, 0.25) is 11.9 Å². The summed E-state index contributed by atoms with van der Waals surface area (Å²) in [4.78, 5) is 35.4. The SMILES string of the molecule is O=C(O)C(CSCc1ccccc1)Nc1nc(-c2ccc(-c3ccccc3)cc2)nc(N2CCN(c3ccccn3)CC2)n1. The van der Waals surface area contributed by atoms with Crippen LogP contribution >= 0.6 is 11.8 Å². The third kappa shape index (κ3) is 7.33. The van der Waals surface area contributed by atoms with Gasteiger partial charge in [0.1, 0.15) is 11.9 Å². The van der Waals surface area contributed by atoms with Gasteiger partial charge < -0.3 is 20.2 Å². The van der Waals surface area contributed by atoms with Crippen molar-refractivity contribution in [2.24, 2.45) is 0 Å². The lowest BCUT2D eigenvalue weighted by Gasteiger charge is -2.35. The van der Waals surface area contributed by atoms with Crippen LogP contribution in [0.4, 0.5) is 17.7 Å². The maximum Gasteiger partial charge on any atom is 0.327 e. The fraction of sp³-hybridized carbons (Fsp3) is 0.206. The van der Waals surface area contributed by atoms with E-state index in [2.05, 4.69) is 32.2 Å². The molecule has 1 unspecified atom stereocenters. The average molecular weight is 604 g/mol. The largest absolute Gasteiger partial charge is 0.480 e. The Morgan fingerprint density at radius 3 is 2.07 bits per heavy atom. The van der Waals surface area contributed by atoms with Crippen LogP contribution in [0.2, 0.25) is 0 Å². The minimum atomic E-state index is -0.953. The normalized spacial score (nSPS) is 13.8. The first-order chi connectivity index (χ1) is 21.6. The number of carboxylic acids is 1. The number of aromatic nitrogens is 4. The molecule has 3 heterocycles. The van der Waals surface area contributed by atoms with Crippen molar-refractivity contribution in [1.82, 2.24) is 19.9 Å². The van der Waals surface area contributed by atoms with E-state index in [1.807, 2.05) is 91.0 Å². The Morgan fingerprint density at radius 2 is 1.39 bits per heavy atom. The number of hydrogen-bond acceptors (Lipinski definition) is 9. The van der Waals surface area contributed by atoms with E-state index in [0.29, 0.717) is 36.4 Å². The van der Waals surface area contributed by atoms with Crippen LogP contribution in [0, 0.1) is 0 Å². The van der Waals surface area contributed by atoms with Gasteiger partial charge in [-0.05, 0) is 28.8 Å². The summed E-state index contributed by atoms with van der Waals surface area (Å²) >= 11 is 1.56. The summed E-state index contributed by atoms with van der Waals surface area (Å²) in [5, 5.41) is 13.1. The number of benzene rings is 3. The molecule has 1 aliphatic heterocycles. The molecule has 1 atom stereocenters. The zero-order valence-electron chi connectivity index (χ0n) is 24.2. The summed E-state index contributed by atoms with van der Waals surface area (Å²) in [5.74, 6) is 2.32. The lowest BCUT2D eigenvalue weighted by molar-refractivity contribution is -0.137. The van der Waals surface area contributed by atoms with Crippen LogP contribution < -0.4 is 15.1 Å². The van der Waals surface area contributed by atoms with E-state index in [0.717, 1.165) is 41.2 Å². The highest BCUT2D eigenvalue weighted by molar-refractivity contribution is 7.98. The zero-order valence-corrected chi connectivity index (χ0v) is 25.0. The Labute approximate surface area is 261 Å². The van der Waals surface area contributed by atoms with Gasteiger partial charge >= 0.3 is 5.97 Å². The third-order valence-corrected chi connectivity index (χ3v) is 8.51. The van der Waals surface area contributed by atoms with Crippen molar-refractivity contribution in [1.29, 1.82) is 0 Å². The van der Waals surface area contributed by atoms with E-state index >= 15 is 0 Å². The molecule has 2 aromatic heterocycles. The van der Waals surface area contributed by atoms with Crippen LogP contribution in [0.1, 0.15) is 5.56 Å². The molecule has 2 N–H and O–H groups in total. The van der Waals surface area contributed by atoms with Crippen molar-refractivity contribution in [3.8, 4) is 22.5 Å². The molecule has 0 saturated carbocycles. The quantitative estimate of drug-likeness (QED) is 0.195. The Bertz CT molecular complexity index is 1650. The summed E-state index contributed by atoms with van der Waals surface area (Å²) in [6.07, 6.45) is 1.80.